The molecule has 2 aromatic heterocycles. The van der Waals surface area contributed by atoms with Crippen LogP contribution in [0.25, 0.3) is 17.0 Å². The van der Waals surface area contributed by atoms with Crippen LogP contribution in [0.5, 0.6) is 0 Å². The maximum atomic E-state index is 14.3. The second-order valence-corrected chi connectivity index (χ2v) is 13.5. The summed E-state index contributed by atoms with van der Waals surface area (Å²) in [4.78, 5) is 32.7. The SMILES string of the molecule is COC(=O)C1=C(C)N=c2s/c(=C\c3c(C)n(Cc4ccc(Cl)cc4Cl)c4c(C)cccc34)c(=O)n2[C@H]1c1ccc(C(C)C)cc1. The van der Waals surface area contributed by atoms with Gasteiger partial charge >= 0.3 is 5.97 Å². The number of fused-ring (bicyclic) bond motifs is 2. The number of methoxy groups -OCH3 is 1. The van der Waals surface area contributed by atoms with E-state index in [2.05, 4.69) is 44.4 Å². The first kappa shape index (κ1) is 31.1. The van der Waals surface area contributed by atoms with Crippen LogP contribution in [0.1, 0.15) is 66.2 Å². The van der Waals surface area contributed by atoms with Crippen molar-refractivity contribution in [2.75, 3.05) is 7.11 Å². The topological polar surface area (TPSA) is 65.6 Å². The fraction of sp³-hybridized carbons (Fsp3) is 0.250. The second-order valence-electron chi connectivity index (χ2n) is 11.7. The molecule has 0 aliphatic carbocycles. The van der Waals surface area contributed by atoms with E-state index in [9.17, 15) is 9.59 Å². The molecule has 6 nitrogen and oxygen atoms in total. The van der Waals surface area contributed by atoms with E-state index in [1.807, 2.05) is 48.5 Å². The number of thiazole rings is 1. The zero-order valence-electron chi connectivity index (χ0n) is 25.9. The Balaban J connectivity index is 1.56. The van der Waals surface area contributed by atoms with Gasteiger partial charge in [-0.1, -0.05) is 96.9 Å². The summed E-state index contributed by atoms with van der Waals surface area (Å²) in [6.45, 7) is 10.7. The van der Waals surface area contributed by atoms with E-state index in [0.717, 1.165) is 38.9 Å². The lowest BCUT2D eigenvalue weighted by Crippen LogP contribution is -2.39. The molecule has 0 bridgehead atoms. The summed E-state index contributed by atoms with van der Waals surface area (Å²) in [6, 6.07) is 19.2. The maximum Gasteiger partial charge on any atom is 0.338 e. The van der Waals surface area contributed by atoms with Gasteiger partial charge in [0, 0.05) is 33.2 Å². The molecule has 1 atom stereocenters. The Morgan fingerprint density at radius 2 is 1.80 bits per heavy atom. The Hall–Kier alpha value is -3.91. The molecule has 3 aromatic carbocycles. The standard InChI is InChI=1S/C36H33Cl2N3O3S/c1-19(2)23-10-12-24(13-11-23)33-31(35(43)44-6)21(4)39-36-41(33)34(42)30(45-36)17-28-22(5)40(32-20(3)8-7-9-27(28)32)18-25-14-15-26(37)16-29(25)38/h7-17,19,33H,18H2,1-6H3/b30-17-/t33-/m0/s1. The van der Waals surface area contributed by atoms with Gasteiger partial charge in [0.05, 0.1) is 34.5 Å². The minimum absolute atomic E-state index is 0.209. The number of benzene rings is 3. The highest BCUT2D eigenvalue weighted by Gasteiger charge is 2.33. The molecular formula is C36H33Cl2N3O3S. The van der Waals surface area contributed by atoms with E-state index >= 15 is 0 Å². The summed E-state index contributed by atoms with van der Waals surface area (Å²) >= 11 is 14.1. The van der Waals surface area contributed by atoms with Crippen molar-refractivity contribution >= 4 is 57.5 Å². The largest absolute Gasteiger partial charge is 0.466 e. The summed E-state index contributed by atoms with van der Waals surface area (Å²) in [5.41, 5.74) is 7.78. The molecule has 0 spiro atoms. The van der Waals surface area contributed by atoms with E-state index < -0.39 is 12.0 Å². The molecular weight excluding hydrogens is 625 g/mol. The molecule has 0 saturated carbocycles. The number of halogens is 2. The van der Waals surface area contributed by atoms with E-state index in [1.54, 1.807) is 17.6 Å². The summed E-state index contributed by atoms with van der Waals surface area (Å²) in [7, 11) is 1.35. The average molecular weight is 659 g/mol. The second kappa shape index (κ2) is 12.1. The predicted molar refractivity (Wildman–Crippen MR) is 183 cm³/mol. The van der Waals surface area contributed by atoms with Crippen molar-refractivity contribution in [3.8, 4) is 0 Å². The van der Waals surface area contributed by atoms with Crippen molar-refractivity contribution in [2.24, 2.45) is 4.99 Å². The van der Waals surface area contributed by atoms with E-state index in [4.69, 9.17) is 32.9 Å². The first-order valence-corrected chi connectivity index (χ1v) is 16.3. The third-order valence-electron chi connectivity index (χ3n) is 8.56. The Bertz CT molecular complexity index is 2200. The summed E-state index contributed by atoms with van der Waals surface area (Å²) in [5.74, 6) is -0.151. The van der Waals surface area contributed by atoms with Crippen LogP contribution in [-0.2, 0) is 16.1 Å². The van der Waals surface area contributed by atoms with Gasteiger partial charge in [-0.05, 0) is 67.2 Å². The van der Waals surface area contributed by atoms with Crippen molar-refractivity contribution in [1.82, 2.24) is 9.13 Å². The number of aryl methyl sites for hydroxylation is 1. The van der Waals surface area contributed by atoms with Crippen molar-refractivity contribution in [3.63, 3.8) is 0 Å². The third-order valence-corrected chi connectivity index (χ3v) is 10.1. The van der Waals surface area contributed by atoms with E-state index in [1.165, 1.54) is 24.0 Å². The van der Waals surface area contributed by atoms with Gasteiger partial charge in [-0.2, -0.15) is 0 Å². The number of allylic oxidation sites excluding steroid dienone is 1. The van der Waals surface area contributed by atoms with Crippen LogP contribution in [0.4, 0.5) is 0 Å². The first-order valence-electron chi connectivity index (χ1n) is 14.7. The Labute approximate surface area is 275 Å². The number of carbonyl (C=O) groups is 1. The van der Waals surface area contributed by atoms with Crippen LogP contribution < -0.4 is 14.9 Å². The smallest absolute Gasteiger partial charge is 0.338 e. The van der Waals surface area contributed by atoms with Crippen molar-refractivity contribution in [1.29, 1.82) is 0 Å². The first-order chi connectivity index (χ1) is 21.5. The third kappa shape index (κ3) is 5.47. The van der Waals surface area contributed by atoms with Crippen LogP contribution >= 0.6 is 34.5 Å². The van der Waals surface area contributed by atoms with E-state index in [-0.39, 0.29) is 5.56 Å². The van der Waals surface area contributed by atoms with Gasteiger partial charge in [0.2, 0.25) is 0 Å². The highest BCUT2D eigenvalue weighted by Crippen LogP contribution is 2.33. The summed E-state index contributed by atoms with van der Waals surface area (Å²) < 4.78 is 9.58. The molecule has 5 aromatic rings. The molecule has 0 N–H and O–H groups in total. The number of aromatic nitrogens is 2. The lowest BCUT2D eigenvalue weighted by atomic mass is 9.93. The molecule has 0 amide bonds. The lowest BCUT2D eigenvalue weighted by molar-refractivity contribution is -0.136. The molecule has 1 aliphatic rings. The monoisotopic (exact) mass is 657 g/mol. The molecule has 0 fully saturated rings. The van der Waals surface area contributed by atoms with E-state index in [0.29, 0.717) is 43.1 Å². The summed E-state index contributed by atoms with van der Waals surface area (Å²) in [5, 5.41) is 2.23. The molecule has 230 valence electrons. The Morgan fingerprint density at radius 1 is 1.07 bits per heavy atom. The van der Waals surface area contributed by atoms with Crippen LogP contribution in [0.3, 0.4) is 0 Å². The normalized spacial score (nSPS) is 15.1. The van der Waals surface area contributed by atoms with Gasteiger partial charge in [-0.25, -0.2) is 9.79 Å². The molecule has 45 heavy (non-hydrogen) atoms. The number of hydrogen-bond acceptors (Lipinski definition) is 5. The molecule has 0 radical (unpaired) electrons. The van der Waals surface area contributed by atoms with Gasteiger partial charge in [0.1, 0.15) is 0 Å². The maximum absolute atomic E-state index is 14.3. The number of carbonyl (C=O) groups excluding carboxylic acids is 1. The number of para-hydroxylation sites is 1. The number of ether oxygens (including phenoxy) is 1. The fourth-order valence-electron chi connectivity index (χ4n) is 6.14. The number of hydrogen-bond donors (Lipinski definition) is 0. The molecule has 0 unspecified atom stereocenters. The highest BCUT2D eigenvalue weighted by atomic mass is 35.5. The van der Waals surface area contributed by atoms with Gasteiger partial charge in [0.15, 0.2) is 4.80 Å². The van der Waals surface area contributed by atoms with Crippen LogP contribution in [0.2, 0.25) is 10.0 Å². The van der Waals surface area contributed by atoms with Crippen LogP contribution in [0, 0.1) is 13.8 Å². The number of esters is 1. The predicted octanol–water partition coefficient (Wildman–Crippen LogP) is 7.46. The molecule has 3 heterocycles. The minimum atomic E-state index is -0.659. The van der Waals surface area contributed by atoms with Crippen molar-refractivity contribution < 1.29 is 9.53 Å². The highest BCUT2D eigenvalue weighted by molar-refractivity contribution is 7.07. The molecule has 9 heteroatoms. The summed E-state index contributed by atoms with van der Waals surface area (Å²) in [6.07, 6.45) is 1.96. The lowest BCUT2D eigenvalue weighted by Gasteiger charge is -2.24. The Kier molecular flexibility index (Phi) is 8.37. The van der Waals surface area contributed by atoms with Crippen molar-refractivity contribution in [2.45, 2.75) is 53.1 Å². The van der Waals surface area contributed by atoms with Gasteiger partial charge in [0.25, 0.3) is 5.56 Å². The minimum Gasteiger partial charge on any atom is -0.466 e. The number of rotatable bonds is 6. The molecule has 0 saturated heterocycles. The Morgan fingerprint density at radius 3 is 2.47 bits per heavy atom. The zero-order valence-corrected chi connectivity index (χ0v) is 28.3. The fourth-order valence-corrected chi connectivity index (χ4v) is 7.64. The van der Waals surface area contributed by atoms with Crippen LogP contribution in [-0.4, -0.2) is 22.2 Å². The van der Waals surface area contributed by atoms with Gasteiger partial charge in [-0.3, -0.25) is 9.36 Å². The molecule has 6 rings (SSSR count). The number of nitrogens with zero attached hydrogens (tertiary/aromatic N) is 3. The quantitative estimate of drug-likeness (QED) is 0.178. The van der Waals surface area contributed by atoms with Gasteiger partial charge in [-0.15, -0.1) is 0 Å². The average Bonchev–Trinajstić information content (AvgIpc) is 3.46. The zero-order chi connectivity index (χ0) is 32.2. The van der Waals surface area contributed by atoms with Gasteiger partial charge < -0.3 is 9.30 Å². The molecule has 1 aliphatic heterocycles. The van der Waals surface area contributed by atoms with Crippen molar-refractivity contribution in [3.05, 3.63) is 135 Å². The van der Waals surface area contributed by atoms with Crippen LogP contribution in [0.15, 0.2) is 81.7 Å².